The van der Waals surface area contributed by atoms with Crippen molar-refractivity contribution in [3.63, 3.8) is 0 Å². The maximum Gasteiger partial charge on any atom is 0.325 e. The maximum absolute atomic E-state index is 13.3. The minimum Gasteiger partial charge on any atom is -0.496 e. The Labute approximate surface area is 126 Å². The summed E-state index contributed by atoms with van der Waals surface area (Å²) in [6.45, 7) is 1.78. The van der Waals surface area contributed by atoms with Crippen LogP contribution in [0.25, 0.3) is 0 Å². The molecule has 1 aromatic heterocycles. The van der Waals surface area contributed by atoms with Gasteiger partial charge in [-0.05, 0) is 13.1 Å². The molecule has 0 aliphatic heterocycles. The number of aromatic nitrogens is 2. The van der Waals surface area contributed by atoms with E-state index in [2.05, 4.69) is 10.2 Å². The molecule has 0 radical (unpaired) electrons. The molecular formula is C14H16FN3O4. The molecule has 118 valence electrons. The van der Waals surface area contributed by atoms with E-state index in [0.717, 1.165) is 6.07 Å². The van der Waals surface area contributed by atoms with Crippen molar-refractivity contribution in [1.29, 1.82) is 0 Å². The van der Waals surface area contributed by atoms with Crippen LogP contribution in [0.15, 0.2) is 22.6 Å². The number of aryl methyl sites for hydroxylation is 1. The molecule has 1 atom stereocenters. The first-order valence-corrected chi connectivity index (χ1v) is 6.48. The molecule has 22 heavy (non-hydrogen) atoms. The van der Waals surface area contributed by atoms with Gasteiger partial charge in [0.1, 0.15) is 17.6 Å². The highest BCUT2D eigenvalue weighted by Gasteiger charge is 2.29. The summed E-state index contributed by atoms with van der Waals surface area (Å²) in [6, 6.07) is 2.69. The summed E-state index contributed by atoms with van der Waals surface area (Å²) in [5, 5.41) is 17.0. The third kappa shape index (κ3) is 3.40. The van der Waals surface area contributed by atoms with Gasteiger partial charge < -0.3 is 14.3 Å². The standard InChI is InChI=1S/C14H16FN3O4/c1-8-16-17-12(22-8)7-18(2)13(14(19)20)10-5-4-9(15)6-11(10)21-3/h4-6,13H,7H2,1-3H3,(H,19,20)/t13-/m1/s1. The molecule has 0 unspecified atom stereocenters. The van der Waals surface area contributed by atoms with Crippen LogP contribution in [0, 0.1) is 12.7 Å². The summed E-state index contributed by atoms with van der Waals surface area (Å²) in [5.74, 6) is -0.730. The minimum absolute atomic E-state index is 0.137. The topological polar surface area (TPSA) is 88.7 Å². The Hall–Kier alpha value is -2.48. The van der Waals surface area contributed by atoms with E-state index in [1.54, 1.807) is 14.0 Å². The van der Waals surface area contributed by atoms with Crippen molar-refractivity contribution in [2.75, 3.05) is 14.2 Å². The number of ether oxygens (including phenoxy) is 1. The smallest absolute Gasteiger partial charge is 0.325 e. The van der Waals surface area contributed by atoms with E-state index in [0.29, 0.717) is 17.3 Å². The number of nitrogens with zero attached hydrogens (tertiary/aromatic N) is 3. The zero-order valence-electron chi connectivity index (χ0n) is 12.4. The number of benzene rings is 1. The van der Waals surface area contributed by atoms with Crippen LogP contribution in [-0.2, 0) is 11.3 Å². The van der Waals surface area contributed by atoms with Crippen LogP contribution in [0.3, 0.4) is 0 Å². The molecule has 0 saturated heterocycles. The zero-order valence-corrected chi connectivity index (χ0v) is 12.4. The van der Waals surface area contributed by atoms with Crippen LogP contribution >= 0.6 is 0 Å². The fourth-order valence-electron chi connectivity index (χ4n) is 2.18. The summed E-state index contributed by atoms with van der Waals surface area (Å²) < 4.78 is 23.6. The average Bonchev–Trinajstić information content (AvgIpc) is 2.85. The third-order valence-corrected chi connectivity index (χ3v) is 3.12. The molecule has 2 aromatic rings. The van der Waals surface area contributed by atoms with Crippen molar-refractivity contribution < 1.29 is 23.4 Å². The fourth-order valence-corrected chi connectivity index (χ4v) is 2.18. The normalized spacial score (nSPS) is 12.4. The van der Waals surface area contributed by atoms with Crippen LogP contribution in [0.5, 0.6) is 5.75 Å². The lowest BCUT2D eigenvalue weighted by atomic mass is 10.0. The molecule has 7 nitrogen and oxygen atoms in total. The zero-order chi connectivity index (χ0) is 16.3. The van der Waals surface area contributed by atoms with E-state index in [1.165, 1.54) is 24.1 Å². The van der Waals surface area contributed by atoms with Crippen LogP contribution in [0.1, 0.15) is 23.4 Å². The number of carbonyl (C=O) groups is 1. The van der Waals surface area contributed by atoms with Crippen molar-refractivity contribution in [3.8, 4) is 5.75 Å². The van der Waals surface area contributed by atoms with Gasteiger partial charge in [0.25, 0.3) is 0 Å². The average molecular weight is 309 g/mol. The quantitative estimate of drug-likeness (QED) is 0.870. The van der Waals surface area contributed by atoms with Gasteiger partial charge in [0.15, 0.2) is 0 Å². The number of rotatable bonds is 6. The van der Waals surface area contributed by atoms with Gasteiger partial charge in [-0.15, -0.1) is 10.2 Å². The van der Waals surface area contributed by atoms with Gasteiger partial charge in [0.05, 0.1) is 13.7 Å². The Kier molecular flexibility index (Phi) is 4.71. The summed E-state index contributed by atoms with van der Waals surface area (Å²) in [4.78, 5) is 13.1. The summed E-state index contributed by atoms with van der Waals surface area (Å²) in [6.07, 6.45) is 0. The molecule has 0 saturated carbocycles. The van der Waals surface area contributed by atoms with Crippen molar-refractivity contribution in [1.82, 2.24) is 15.1 Å². The van der Waals surface area contributed by atoms with Crippen LogP contribution < -0.4 is 4.74 Å². The number of methoxy groups -OCH3 is 1. The Bertz CT molecular complexity index is 674. The number of carboxylic acids is 1. The third-order valence-electron chi connectivity index (χ3n) is 3.12. The second-order valence-electron chi connectivity index (χ2n) is 4.76. The molecule has 0 spiro atoms. The van der Waals surface area contributed by atoms with E-state index in [-0.39, 0.29) is 12.3 Å². The van der Waals surface area contributed by atoms with Gasteiger partial charge in [-0.3, -0.25) is 9.69 Å². The molecule has 0 aliphatic carbocycles. The monoisotopic (exact) mass is 309 g/mol. The van der Waals surface area contributed by atoms with E-state index >= 15 is 0 Å². The maximum atomic E-state index is 13.3. The number of carboxylic acid groups (broad SMARTS) is 1. The highest BCUT2D eigenvalue weighted by Crippen LogP contribution is 2.30. The highest BCUT2D eigenvalue weighted by atomic mass is 19.1. The van der Waals surface area contributed by atoms with Gasteiger partial charge in [0, 0.05) is 18.6 Å². The fraction of sp³-hybridized carbons (Fsp3) is 0.357. The number of hydrogen-bond donors (Lipinski definition) is 1. The van der Waals surface area contributed by atoms with Crippen molar-refractivity contribution >= 4 is 5.97 Å². The predicted octanol–water partition coefficient (Wildman–Crippen LogP) is 1.78. The highest BCUT2D eigenvalue weighted by molar-refractivity contribution is 5.76. The Morgan fingerprint density at radius 3 is 2.77 bits per heavy atom. The lowest BCUT2D eigenvalue weighted by molar-refractivity contribution is -0.143. The number of hydrogen-bond acceptors (Lipinski definition) is 6. The second-order valence-corrected chi connectivity index (χ2v) is 4.76. The molecule has 1 aromatic carbocycles. The van der Waals surface area contributed by atoms with Crippen molar-refractivity contribution in [3.05, 3.63) is 41.4 Å². The first-order chi connectivity index (χ1) is 10.4. The largest absolute Gasteiger partial charge is 0.496 e. The molecule has 1 N–H and O–H groups in total. The number of halogens is 1. The number of likely N-dealkylation sites (N-methyl/N-ethyl adjacent to an activating group) is 1. The Morgan fingerprint density at radius 2 is 2.23 bits per heavy atom. The predicted molar refractivity (Wildman–Crippen MR) is 73.8 cm³/mol. The summed E-state index contributed by atoms with van der Waals surface area (Å²) >= 11 is 0. The lowest BCUT2D eigenvalue weighted by Crippen LogP contribution is -2.31. The van der Waals surface area contributed by atoms with E-state index in [9.17, 15) is 14.3 Å². The first kappa shape index (κ1) is 15.9. The molecular weight excluding hydrogens is 293 g/mol. The SMILES string of the molecule is COc1cc(F)ccc1[C@H](C(=O)O)N(C)Cc1nnc(C)o1. The van der Waals surface area contributed by atoms with Gasteiger partial charge in [-0.25, -0.2) is 4.39 Å². The minimum atomic E-state index is -1.09. The van der Waals surface area contributed by atoms with Gasteiger partial charge in [-0.1, -0.05) is 6.07 Å². The molecule has 0 aliphatic rings. The van der Waals surface area contributed by atoms with Gasteiger partial charge >= 0.3 is 5.97 Å². The molecule has 0 fully saturated rings. The van der Waals surface area contributed by atoms with Crippen LogP contribution in [0.2, 0.25) is 0 Å². The van der Waals surface area contributed by atoms with Crippen molar-refractivity contribution in [2.45, 2.75) is 19.5 Å². The summed E-state index contributed by atoms with van der Waals surface area (Å²) in [7, 11) is 2.96. The van der Waals surface area contributed by atoms with Crippen LogP contribution in [0.4, 0.5) is 4.39 Å². The second kappa shape index (κ2) is 6.52. The van der Waals surface area contributed by atoms with Crippen LogP contribution in [-0.4, -0.2) is 40.3 Å². The van der Waals surface area contributed by atoms with Crippen molar-refractivity contribution in [2.24, 2.45) is 0 Å². The lowest BCUT2D eigenvalue weighted by Gasteiger charge is -2.24. The Balaban J connectivity index is 2.31. The van der Waals surface area contributed by atoms with E-state index < -0.39 is 17.8 Å². The summed E-state index contributed by atoms with van der Waals surface area (Å²) in [5.41, 5.74) is 0.343. The van der Waals surface area contributed by atoms with Gasteiger partial charge in [-0.2, -0.15) is 0 Å². The molecule has 2 rings (SSSR count). The number of aliphatic carboxylic acids is 1. The Morgan fingerprint density at radius 1 is 1.50 bits per heavy atom. The van der Waals surface area contributed by atoms with E-state index in [1.807, 2.05) is 0 Å². The first-order valence-electron chi connectivity index (χ1n) is 6.48. The molecule has 0 amide bonds. The van der Waals surface area contributed by atoms with E-state index in [4.69, 9.17) is 9.15 Å². The molecule has 1 heterocycles. The van der Waals surface area contributed by atoms with Gasteiger partial charge in [0.2, 0.25) is 11.8 Å². The molecule has 8 heteroatoms. The molecule has 0 bridgehead atoms.